The van der Waals surface area contributed by atoms with Crippen LogP contribution in [0.5, 0.6) is 0 Å². The average molecular weight is 615 g/mol. The summed E-state index contributed by atoms with van der Waals surface area (Å²) in [5.41, 5.74) is 0. The van der Waals surface area contributed by atoms with Gasteiger partial charge in [0.2, 0.25) is 0 Å². The van der Waals surface area contributed by atoms with Gasteiger partial charge in [-0.1, -0.05) is 172 Å². The minimum absolute atomic E-state index is 0.288. The number of carboxylic acid groups (broad SMARTS) is 1. The lowest BCUT2D eigenvalue weighted by Gasteiger charge is -2.13. The van der Waals surface area contributed by atoms with Crippen LogP contribution in [-0.4, -0.2) is 23.1 Å². The Labute approximate surface area is 272 Å². The lowest BCUT2D eigenvalue weighted by Crippen LogP contribution is -2.27. The fraction of sp³-hybridized carbons (Fsp3) is 0.750. The first-order chi connectivity index (χ1) is 21.6. The van der Waals surface area contributed by atoms with Gasteiger partial charge in [0.05, 0.1) is 0 Å². The van der Waals surface area contributed by atoms with E-state index in [-0.39, 0.29) is 12.4 Å². The third kappa shape index (κ3) is 32.8. The fourth-order valence-corrected chi connectivity index (χ4v) is 5.31. The molecule has 0 aromatic rings. The van der Waals surface area contributed by atoms with Gasteiger partial charge in [-0.05, 0) is 57.8 Å². The molecule has 1 atom stereocenters. The van der Waals surface area contributed by atoms with Crippen LogP contribution in [0, 0.1) is 0 Å². The monoisotopic (exact) mass is 615 g/mol. The summed E-state index contributed by atoms with van der Waals surface area (Å²) in [6.45, 7) is 4.42. The van der Waals surface area contributed by atoms with Crippen LogP contribution in [0.1, 0.15) is 187 Å². The molecular weight excluding hydrogens is 544 g/mol. The number of unbranched alkanes of at least 4 members (excludes halogenated alkanes) is 19. The molecule has 0 heterocycles. The van der Waals surface area contributed by atoms with Gasteiger partial charge in [0.15, 0.2) is 6.10 Å². The first-order valence-electron chi connectivity index (χ1n) is 18.6. The molecule has 0 aliphatic carbocycles. The zero-order valence-corrected chi connectivity index (χ0v) is 29.0. The number of carbonyl (C=O) groups is 2. The molecule has 1 unspecified atom stereocenters. The second-order valence-electron chi connectivity index (χ2n) is 12.4. The van der Waals surface area contributed by atoms with Gasteiger partial charge in [-0.15, -0.1) is 0 Å². The number of aliphatic carboxylic acids is 1. The van der Waals surface area contributed by atoms with Gasteiger partial charge in [-0.3, -0.25) is 4.79 Å². The molecule has 0 amide bonds. The Hall–Kier alpha value is -2.10. The van der Waals surface area contributed by atoms with E-state index in [2.05, 4.69) is 62.5 Å². The number of hydrogen-bond acceptors (Lipinski definition) is 3. The van der Waals surface area contributed by atoms with Crippen LogP contribution in [0.2, 0.25) is 0 Å². The topological polar surface area (TPSA) is 63.6 Å². The molecule has 0 saturated heterocycles. The third-order valence-corrected chi connectivity index (χ3v) is 8.09. The molecule has 0 saturated carbocycles. The van der Waals surface area contributed by atoms with Gasteiger partial charge in [-0.2, -0.15) is 0 Å². The van der Waals surface area contributed by atoms with Crippen molar-refractivity contribution >= 4 is 11.9 Å². The van der Waals surface area contributed by atoms with Crippen molar-refractivity contribution in [2.75, 3.05) is 0 Å². The molecule has 0 bridgehead atoms. The van der Waals surface area contributed by atoms with Crippen molar-refractivity contribution in [3.63, 3.8) is 0 Å². The predicted octanol–water partition coefficient (Wildman–Crippen LogP) is 12.8. The number of rotatable bonds is 33. The SMILES string of the molecule is CC/C=C\C/C=C\C/C=C\C/C=C\CCCCC(=O)OC(CCCCCCCCCCCCCCCCCCCC)C(=O)O. The number of hydrogen-bond donors (Lipinski definition) is 1. The maximum absolute atomic E-state index is 12.2. The first-order valence-corrected chi connectivity index (χ1v) is 18.6. The van der Waals surface area contributed by atoms with Crippen LogP contribution in [0.4, 0.5) is 0 Å². The average Bonchev–Trinajstić information content (AvgIpc) is 3.01. The van der Waals surface area contributed by atoms with E-state index in [1.807, 2.05) is 0 Å². The highest BCUT2D eigenvalue weighted by atomic mass is 16.6. The summed E-state index contributed by atoms with van der Waals surface area (Å²) in [4.78, 5) is 23.7. The highest BCUT2D eigenvalue weighted by Crippen LogP contribution is 2.16. The van der Waals surface area contributed by atoms with E-state index >= 15 is 0 Å². The first kappa shape index (κ1) is 41.9. The van der Waals surface area contributed by atoms with E-state index in [0.29, 0.717) is 6.42 Å². The predicted molar refractivity (Wildman–Crippen MR) is 190 cm³/mol. The van der Waals surface area contributed by atoms with Crippen molar-refractivity contribution in [3.05, 3.63) is 48.6 Å². The van der Waals surface area contributed by atoms with E-state index in [1.165, 1.54) is 96.3 Å². The van der Waals surface area contributed by atoms with Gasteiger partial charge >= 0.3 is 11.9 Å². The second kappa shape index (κ2) is 35.4. The minimum atomic E-state index is -1.02. The Bertz CT molecular complexity index is 748. The number of ether oxygens (including phenoxy) is 1. The molecule has 4 heteroatoms. The number of allylic oxidation sites excluding steroid dienone is 8. The van der Waals surface area contributed by atoms with E-state index in [1.54, 1.807) is 0 Å². The Morgan fingerprint density at radius 3 is 1.36 bits per heavy atom. The number of esters is 1. The largest absolute Gasteiger partial charge is 0.479 e. The zero-order chi connectivity index (χ0) is 32.2. The fourth-order valence-electron chi connectivity index (χ4n) is 5.31. The van der Waals surface area contributed by atoms with Crippen LogP contribution in [0.25, 0.3) is 0 Å². The summed E-state index contributed by atoms with van der Waals surface area (Å²) in [5, 5.41) is 9.47. The molecule has 1 N–H and O–H groups in total. The Kier molecular flexibility index (Phi) is 33.7. The van der Waals surface area contributed by atoms with Crippen LogP contribution in [0.3, 0.4) is 0 Å². The zero-order valence-electron chi connectivity index (χ0n) is 29.0. The molecule has 0 aromatic heterocycles. The molecule has 44 heavy (non-hydrogen) atoms. The Balaban J connectivity index is 3.63. The highest BCUT2D eigenvalue weighted by molar-refractivity contribution is 5.77. The maximum atomic E-state index is 12.2. The standard InChI is InChI=1S/C40H70O4/c1-3-5-7-9-11-13-15-17-19-20-21-23-24-26-28-30-32-34-36-38(40(42)43)44-39(41)37-35-33-31-29-27-25-22-18-16-14-12-10-8-6-4-2/h6,8,12,14,18,22,27,29,38H,3-5,7,9-11,13,15-17,19-21,23-26,28,30-37H2,1-2H3,(H,42,43)/b8-6-,14-12-,22-18-,29-27-. The lowest BCUT2D eigenvalue weighted by molar-refractivity contribution is -0.164. The summed E-state index contributed by atoms with van der Waals surface area (Å²) in [7, 11) is 0. The molecule has 4 nitrogen and oxygen atoms in total. The van der Waals surface area contributed by atoms with Crippen molar-refractivity contribution in [2.24, 2.45) is 0 Å². The van der Waals surface area contributed by atoms with E-state index in [9.17, 15) is 14.7 Å². The molecule has 0 aromatic carbocycles. The van der Waals surface area contributed by atoms with Gasteiger partial charge in [0.25, 0.3) is 0 Å². The normalized spacial score (nSPS) is 12.8. The molecular formula is C40H70O4. The number of carboxylic acids is 1. The van der Waals surface area contributed by atoms with Crippen molar-refractivity contribution < 1.29 is 19.4 Å². The quantitative estimate of drug-likeness (QED) is 0.0454. The van der Waals surface area contributed by atoms with Crippen LogP contribution in [0.15, 0.2) is 48.6 Å². The molecule has 0 aliphatic rings. The van der Waals surface area contributed by atoms with Gasteiger partial charge < -0.3 is 9.84 Å². The summed E-state index contributed by atoms with van der Waals surface area (Å²) in [6.07, 6.45) is 47.2. The van der Waals surface area contributed by atoms with Crippen molar-refractivity contribution in [1.82, 2.24) is 0 Å². The summed E-state index contributed by atoms with van der Waals surface area (Å²) >= 11 is 0. The minimum Gasteiger partial charge on any atom is -0.479 e. The second-order valence-corrected chi connectivity index (χ2v) is 12.4. The highest BCUT2D eigenvalue weighted by Gasteiger charge is 2.21. The van der Waals surface area contributed by atoms with Gasteiger partial charge in [0, 0.05) is 6.42 Å². The Morgan fingerprint density at radius 2 is 0.932 bits per heavy atom. The summed E-state index contributed by atoms with van der Waals surface area (Å²) < 4.78 is 5.29. The molecule has 0 rings (SSSR count). The van der Waals surface area contributed by atoms with Crippen molar-refractivity contribution in [3.8, 4) is 0 Å². The Morgan fingerprint density at radius 1 is 0.523 bits per heavy atom. The molecule has 0 aliphatic heterocycles. The molecule has 254 valence electrons. The van der Waals surface area contributed by atoms with Crippen LogP contribution >= 0.6 is 0 Å². The number of carbonyl (C=O) groups excluding carboxylic acids is 1. The summed E-state index contributed by atoms with van der Waals surface area (Å²) in [6, 6.07) is 0. The van der Waals surface area contributed by atoms with E-state index in [0.717, 1.165) is 64.2 Å². The smallest absolute Gasteiger partial charge is 0.345 e. The van der Waals surface area contributed by atoms with Crippen LogP contribution in [-0.2, 0) is 14.3 Å². The van der Waals surface area contributed by atoms with Gasteiger partial charge in [0.1, 0.15) is 0 Å². The maximum Gasteiger partial charge on any atom is 0.345 e. The lowest BCUT2D eigenvalue weighted by atomic mass is 10.0. The molecule has 0 radical (unpaired) electrons. The molecule has 0 spiro atoms. The third-order valence-electron chi connectivity index (χ3n) is 8.09. The van der Waals surface area contributed by atoms with Crippen molar-refractivity contribution in [1.29, 1.82) is 0 Å². The van der Waals surface area contributed by atoms with Crippen molar-refractivity contribution in [2.45, 2.75) is 193 Å². The van der Waals surface area contributed by atoms with Crippen LogP contribution < -0.4 is 0 Å². The van der Waals surface area contributed by atoms with Gasteiger partial charge in [-0.25, -0.2) is 4.79 Å². The molecule has 0 fully saturated rings. The summed E-state index contributed by atoms with van der Waals surface area (Å²) in [5.74, 6) is -1.41. The van der Waals surface area contributed by atoms with E-state index < -0.39 is 12.1 Å². The van der Waals surface area contributed by atoms with E-state index in [4.69, 9.17) is 4.74 Å².